The maximum atomic E-state index is 13.7. The van der Waals surface area contributed by atoms with Gasteiger partial charge in [0.2, 0.25) is 0 Å². The van der Waals surface area contributed by atoms with E-state index < -0.39 is 5.97 Å². The predicted octanol–water partition coefficient (Wildman–Crippen LogP) is 8.63. The van der Waals surface area contributed by atoms with Crippen LogP contribution in [0.5, 0.6) is 0 Å². The lowest BCUT2D eigenvalue weighted by molar-refractivity contribution is 0.0503. The quantitative estimate of drug-likeness (QED) is 0.163. The normalized spacial score (nSPS) is 11.1. The molecule has 0 saturated heterocycles. The number of anilines is 1. The molecule has 5 nitrogen and oxygen atoms in total. The summed E-state index contributed by atoms with van der Waals surface area (Å²) in [6.45, 7) is 2.36. The lowest BCUT2D eigenvalue weighted by atomic mass is 10.0. The Hall–Kier alpha value is -3.45. The van der Waals surface area contributed by atoms with E-state index in [4.69, 9.17) is 32.9 Å². The molecule has 0 saturated carbocycles. The number of aromatic nitrogens is 1. The summed E-state index contributed by atoms with van der Waals surface area (Å²) in [5.41, 5.74) is 2.62. The zero-order chi connectivity index (χ0) is 25.9. The molecular weight excluding hydrogens is 527 g/mol. The highest BCUT2D eigenvalue weighted by molar-refractivity contribution is 7.23. The molecule has 0 aliphatic carbocycles. The van der Waals surface area contributed by atoms with Gasteiger partial charge in [0.15, 0.2) is 0 Å². The first kappa shape index (κ1) is 25.2. The summed E-state index contributed by atoms with van der Waals surface area (Å²) in [7, 11) is 0. The summed E-state index contributed by atoms with van der Waals surface area (Å²) < 4.78 is 6.40. The molecule has 0 aliphatic heterocycles. The van der Waals surface area contributed by atoms with Crippen molar-refractivity contribution < 1.29 is 14.3 Å². The van der Waals surface area contributed by atoms with Gasteiger partial charge in [0.1, 0.15) is 10.6 Å². The number of hydrogen-bond acceptors (Lipinski definition) is 5. The monoisotopic (exact) mass is 548 g/mol. The molecule has 186 valence electrons. The number of amides is 1. The molecule has 0 bridgehead atoms. The third-order valence-corrected chi connectivity index (χ3v) is 7.56. The van der Waals surface area contributed by atoms with Crippen molar-refractivity contribution >= 4 is 72.4 Å². The van der Waals surface area contributed by atoms with Gasteiger partial charge >= 0.3 is 5.97 Å². The lowest BCUT2D eigenvalue weighted by Crippen LogP contribution is -2.15. The van der Waals surface area contributed by atoms with Gasteiger partial charge in [-0.05, 0) is 42.8 Å². The fourth-order valence-electron chi connectivity index (χ4n) is 4.09. The number of hydrogen-bond donors (Lipinski definition) is 1. The molecule has 1 N–H and O–H groups in total. The van der Waals surface area contributed by atoms with E-state index in [0.29, 0.717) is 54.9 Å². The Bertz CT molecular complexity index is 1650. The van der Waals surface area contributed by atoms with Crippen LogP contribution in [0, 0.1) is 0 Å². The Morgan fingerprint density at radius 3 is 2.51 bits per heavy atom. The van der Waals surface area contributed by atoms with Crippen molar-refractivity contribution in [1.29, 1.82) is 0 Å². The number of pyridine rings is 1. The van der Waals surface area contributed by atoms with Crippen LogP contribution >= 0.6 is 34.5 Å². The molecular formula is C29H22Cl2N2O3S. The number of carbonyl (C=O) groups excluding carboxylic acids is 2. The number of rotatable bonds is 7. The Morgan fingerprint density at radius 2 is 1.73 bits per heavy atom. The van der Waals surface area contributed by atoms with Gasteiger partial charge in [-0.15, -0.1) is 11.3 Å². The molecule has 2 aromatic heterocycles. The highest BCUT2D eigenvalue weighted by Crippen LogP contribution is 2.37. The van der Waals surface area contributed by atoms with Crippen molar-refractivity contribution in [3.63, 3.8) is 0 Å². The maximum absolute atomic E-state index is 13.7. The van der Waals surface area contributed by atoms with E-state index in [0.717, 1.165) is 22.9 Å². The van der Waals surface area contributed by atoms with E-state index in [1.807, 2.05) is 55.5 Å². The summed E-state index contributed by atoms with van der Waals surface area (Å²) in [6, 6.07) is 21.8. The smallest absolute Gasteiger partial charge is 0.341 e. The first-order valence-electron chi connectivity index (χ1n) is 11.8. The Balaban J connectivity index is 1.58. The van der Waals surface area contributed by atoms with Crippen LogP contribution in [-0.4, -0.2) is 23.5 Å². The molecule has 0 fully saturated rings. The van der Waals surface area contributed by atoms with Crippen molar-refractivity contribution in [2.24, 2.45) is 0 Å². The maximum Gasteiger partial charge on any atom is 0.341 e. The van der Waals surface area contributed by atoms with E-state index in [2.05, 4.69) is 5.32 Å². The van der Waals surface area contributed by atoms with Crippen LogP contribution in [0.4, 0.5) is 5.00 Å². The van der Waals surface area contributed by atoms with Gasteiger partial charge in [0.25, 0.3) is 5.91 Å². The fraction of sp³-hybridized carbons (Fsp3) is 0.138. The minimum atomic E-state index is -0.450. The SMILES string of the molecule is CCCCOC(=O)c1c(NC(=O)c2cc(-c3ccc(Cl)cc3Cl)nc3ccccc23)sc2ccccc12. The van der Waals surface area contributed by atoms with Gasteiger partial charge < -0.3 is 10.1 Å². The molecule has 1 amide bonds. The third-order valence-electron chi connectivity index (χ3n) is 5.93. The summed E-state index contributed by atoms with van der Waals surface area (Å²) in [6.07, 6.45) is 1.69. The molecule has 8 heteroatoms. The molecule has 0 radical (unpaired) electrons. The largest absolute Gasteiger partial charge is 0.462 e. The number of nitrogens with one attached hydrogen (secondary N) is 1. The number of unbranched alkanes of at least 4 members (excludes halogenated alkanes) is 1. The van der Waals surface area contributed by atoms with Crippen LogP contribution in [0.15, 0.2) is 72.8 Å². The van der Waals surface area contributed by atoms with Gasteiger partial charge in [0.05, 0.1) is 28.4 Å². The number of carbonyl (C=O) groups is 2. The van der Waals surface area contributed by atoms with E-state index in [9.17, 15) is 9.59 Å². The molecule has 0 unspecified atom stereocenters. The number of para-hydroxylation sites is 1. The molecule has 3 aromatic carbocycles. The molecule has 5 rings (SSSR count). The number of halogens is 2. The van der Waals surface area contributed by atoms with Crippen LogP contribution in [0.1, 0.15) is 40.5 Å². The van der Waals surface area contributed by atoms with Crippen molar-refractivity contribution in [3.05, 3.63) is 94.0 Å². The number of fused-ring (bicyclic) bond motifs is 2. The van der Waals surface area contributed by atoms with Gasteiger partial charge in [-0.25, -0.2) is 9.78 Å². The van der Waals surface area contributed by atoms with Crippen LogP contribution in [-0.2, 0) is 4.74 Å². The molecule has 0 spiro atoms. The topological polar surface area (TPSA) is 68.3 Å². The summed E-state index contributed by atoms with van der Waals surface area (Å²) in [4.78, 5) is 31.5. The summed E-state index contributed by atoms with van der Waals surface area (Å²) in [5.74, 6) is -0.812. The second-order valence-corrected chi connectivity index (χ2v) is 10.3. The van der Waals surface area contributed by atoms with Crippen molar-refractivity contribution in [2.75, 3.05) is 11.9 Å². The Labute approximate surface area is 228 Å². The zero-order valence-electron chi connectivity index (χ0n) is 19.9. The van der Waals surface area contributed by atoms with E-state index >= 15 is 0 Å². The van der Waals surface area contributed by atoms with E-state index in [1.54, 1.807) is 24.3 Å². The number of thiophene rings is 1. The molecule has 0 aliphatic rings. The number of esters is 1. The van der Waals surface area contributed by atoms with E-state index in [1.165, 1.54) is 11.3 Å². The van der Waals surface area contributed by atoms with E-state index in [-0.39, 0.29) is 5.91 Å². The number of nitrogens with zero attached hydrogens (tertiary/aromatic N) is 1. The fourth-order valence-corrected chi connectivity index (χ4v) is 5.68. The first-order valence-corrected chi connectivity index (χ1v) is 13.4. The molecule has 37 heavy (non-hydrogen) atoms. The first-order chi connectivity index (χ1) is 18.0. The molecule has 0 atom stereocenters. The number of ether oxygens (including phenoxy) is 1. The second-order valence-electron chi connectivity index (χ2n) is 8.44. The zero-order valence-corrected chi connectivity index (χ0v) is 22.2. The van der Waals surface area contributed by atoms with Gasteiger partial charge in [0, 0.05) is 26.1 Å². The number of benzene rings is 3. The lowest BCUT2D eigenvalue weighted by Gasteiger charge is -2.12. The standard InChI is InChI=1S/C29H22Cl2N2O3S/c1-2-3-14-36-29(35)26-20-9-5-7-11-25(20)37-28(26)33-27(34)21-16-24(19-13-12-17(30)15-22(19)31)32-23-10-6-4-8-18(21)23/h4-13,15-16H,2-3,14H2,1H3,(H,33,34). The average Bonchev–Trinajstić information content (AvgIpc) is 3.26. The molecule has 2 heterocycles. The summed E-state index contributed by atoms with van der Waals surface area (Å²) in [5, 5.41) is 5.80. The van der Waals surface area contributed by atoms with Gasteiger partial charge in [-0.1, -0.05) is 72.9 Å². The van der Waals surface area contributed by atoms with Crippen LogP contribution < -0.4 is 5.32 Å². The Morgan fingerprint density at radius 1 is 0.973 bits per heavy atom. The van der Waals surface area contributed by atoms with Crippen molar-refractivity contribution in [3.8, 4) is 11.3 Å². The second kappa shape index (κ2) is 10.9. The minimum Gasteiger partial charge on any atom is -0.462 e. The van der Waals surface area contributed by atoms with Crippen LogP contribution in [0.3, 0.4) is 0 Å². The van der Waals surface area contributed by atoms with Crippen LogP contribution in [0.2, 0.25) is 10.0 Å². The minimum absolute atomic E-state index is 0.326. The van der Waals surface area contributed by atoms with Crippen LogP contribution in [0.25, 0.3) is 32.2 Å². The third kappa shape index (κ3) is 5.18. The predicted molar refractivity (Wildman–Crippen MR) is 152 cm³/mol. The average molecular weight is 549 g/mol. The Kier molecular flexibility index (Phi) is 7.42. The highest BCUT2D eigenvalue weighted by Gasteiger charge is 2.23. The van der Waals surface area contributed by atoms with Gasteiger partial charge in [-0.3, -0.25) is 4.79 Å². The highest BCUT2D eigenvalue weighted by atomic mass is 35.5. The summed E-state index contributed by atoms with van der Waals surface area (Å²) >= 11 is 13.9. The molecule has 5 aromatic rings. The van der Waals surface area contributed by atoms with Crippen molar-refractivity contribution in [2.45, 2.75) is 19.8 Å². The van der Waals surface area contributed by atoms with Crippen molar-refractivity contribution in [1.82, 2.24) is 4.98 Å². The van der Waals surface area contributed by atoms with Gasteiger partial charge in [-0.2, -0.15) is 0 Å².